The fourth-order valence-electron chi connectivity index (χ4n) is 2.05. The van der Waals surface area contributed by atoms with Crippen LogP contribution in [-0.2, 0) is 6.42 Å². The van der Waals surface area contributed by atoms with Gasteiger partial charge in [0.15, 0.2) is 5.82 Å². The molecule has 2 aliphatic heterocycles. The Morgan fingerprint density at radius 2 is 1.95 bits per heavy atom. The Morgan fingerprint density at radius 1 is 1.25 bits per heavy atom. The summed E-state index contributed by atoms with van der Waals surface area (Å²) < 4.78 is 0.964. The molecule has 0 aromatic heterocycles. The average molecular weight is 393 g/mol. The van der Waals surface area contributed by atoms with Gasteiger partial charge in [0.25, 0.3) is 0 Å². The molecule has 7 heteroatoms. The number of hydrogen-bond donors (Lipinski definition) is 1. The van der Waals surface area contributed by atoms with Gasteiger partial charge in [0.1, 0.15) is 5.16 Å². The Balaban J connectivity index is 1.96. The van der Waals surface area contributed by atoms with Gasteiger partial charge in [0.2, 0.25) is 0 Å². The number of benzene rings is 1. The van der Waals surface area contributed by atoms with Crippen LogP contribution in [0.3, 0.4) is 0 Å². The molecule has 1 aromatic carbocycles. The molecule has 0 saturated carbocycles. The second-order valence-corrected chi connectivity index (χ2v) is 6.50. The average Bonchev–Trinajstić information content (AvgIpc) is 2.77. The molecule has 3 rings (SSSR count). The van der Waals surface area contributed by atoms with Gasteiger partial charge in [-0.2, -0.15) is 0 Å². The summed E-state index contributed by atoms with van der Waals surface area (Å²) in [5.41, 5.74) is 4.79. The van der Waals surface area contributed by atoms with E-state index in [9.17, 15) is 0 Å². The molecule has 0 bridgehead atoms. The molecule has 0 atom stereocenters. The van der Waals surface area contributed by atoms with Crippen molar-refractivity contribution in [2.45, 2.75) is 6.42 Å². The predicted molar refractivity (Wildman–Crippen MR) is 87.3 cm³/mol. The first-order valence-electron chi connectivity index (χ1n) is 5.86. The molecule has 2 aliphatic rings. The van der Waals surface area contributed by atoms with E-state index in [0.717, 1.165) is 21.6 Å². The van der Waals surface area contributed by atoms with E-state index in [1.165, 1.54) is 0 Å². The maximum atomic E-state index is 6.25. The van der Waals surface area contributed by atoms with Gasteiger partial charge in [0, 0.05) is 16.5 Å². The maximum absolute atomic E-state index is 6.25. The van der Waals surface area contributed by atoms with Crippen molar-refractivity contribution in [3.8, 4) is 0 Å². The zero-order valence-corrected chi connectivity index (χ0v) is 14.0. The Bertz CT molecular complexity index is 647. The van der Waals surface area contributed by atoms with E-state index in [2.05, 4.69) is 26.3 Å². The third-order valence-electron chi connectivity index (χ3n) is 3.02. The lowest BCUT2D eigenvalue weighted by molar-refractivity contribution is 0.371. The van der Waals surface area contributed by atoms with Crippen LogP contribution in [0.5, 0.6) is 0 Å². The highest BCUT2D eigenvalue weighted by molar-refractivity contribution is 9.11. The molecule has 0 radical (unpaired) electrons. The monoisotopic (exact) mass is 391 g/mol. The molecular weight excluding hydrogens is 384 g/mol. The largest absolute Gasteiger partial charge is 0.247 e. The quantitative estimate of drug-likeness (QED) is 0.752. The molecule has 20 heavy (non-hydrogen) atoms. The first-order valence-corrected chi connectivity index (χ1v) is 7.79. The summed E-state index contributed by atoms with van der Waals surface area (Å²) in [6, 6.07) is 5.45. The minimum Gasteiger partial charge on any atom is -0.247 e. The van der Waals surface area contributed by atoms with Crippen molar-refractivity contribution in [1.29, 1.82) is 0 Å². The number of aliphatic imine (C=N–C) groups is 1. The van der Waals surface area contributed by atoms with Crippen LogP contribution in [0.4, 0.5) is 0 Å². The van der Waals surface area contributed by atoms with Gasteiger partial charge in [-0.15, -0.1) is 0 Å². The summed E-state index contributed by atoms with van der Waals surface area (Å²) in [6.45, 7) is 0.670. The van der Waals surface area contributed by atoms with Crippen molar-refractivity contribution in [2.24, 2.45) is 4.99 Å². The number of fused-ring (bicyclic) bond motifs is 1. The Morgan fingerprint density at radius 3 is 2.65 bits per heavy atom. The van der Waals surface area contributed by atoms with Crippen LogP contribution in [0, 0.1) is 0 Å². The zero-order chi connectivity index (χ0) is 14.3. The highest BCUT2D eigenvalue weighted by Crippen LogP contribution is 2.32. The molecule has 0 aliphatic carbocycles. The van der Waals surface area contributed by atoms with Gasteiger partial charge in [-0.3, -0.25) is 0 Å². The molecule has 0 spiro atoms. The molecule has 3 nitrogen and oxygen atoms in total. The number of allylic oxidation sites excluding steroid dienone is 1. The Hall–Kier alpha value is -0.520. The summed E-state index contributed by atoms with van der Waals surface area (Å²) in [7, 11) is 0. The van der Waals surface area contributed by atoms with E-state index >= 15 is 0 Å². The van der Waals surface area contributed by atoms with Gasteiger partial charge < -0.3 is 0 Å². The number of nitrogens with one attached hydrogen (secondary N) is 1. The summed E-state index contributed by atoms with van der Waals surface area (Å²) in [5, 5.41) is 3.57. The van der Waals surface area contributed by atoms with E-state index in [0.29, 0.717) is 28.2 Å². The fourth-order valence-corrected chi connectivity index (χ4v) is 3.24. The van der Waals surface area contributed by atoms with Crippen LogP contribution in [0.2, 0.25) is 10.0 Å². The zero-order valence-electron chi connectivity index (χ0n) is 10.1. The first kappa shape index (κ1) is 14.4. The topological polar surface area (TPSA) is 27.6 Å². The van der Waals surface area contributed by atoms with Gasteiger partial charge in [-0.25, -0.2) is 15.4 Å². The van der Waals surface area contributed by atoms with Crippen molar-refractivity contribution >= 4 is 56.4 Å². The van der Waals surface area contributed by atoms with Crippen molar-refractivity contribution in [3.63, 3.8) is 0 Å². The fraction of sp³-hybridized carbons (Fsp3) is 0.154. The number of hydrogen-bond acceptors (Lipinski definition) is 3. The van der Waals surface area contributed by atoms with E-state index in [4.69, 9.17) is 34.8 Å². The van der Waals surface area contributed by atoms with Gasteiger partial charge in [0.05, 0.1) is 16.7 Å². The van der Waals surface area contributed by atoms with Crippen LogP contribution in [0.1, 0.15) is 5.56 Å². The van der Waals surface area contributed by atoms with E-state index in [1.807, 2.05) is 24.3 Å². The summed E-state index contributed by atoms with van der Waals surface area (Å²) in [5.74, 6) is 0.774. The van der Waals surface area contributed by atoms with E-state index < -0.39 is 0 Å². The SMILES string of the molecule is ClC1=CC(Cc2c(Cl)cccc2Cl)=NC2=C(Br)CNN12. The highest BCUT2D eigenvalue weighted by atomic mass is 79.9. The molecule has 1 N–H and O–H groups in total. The van der Waals surface area contributed by atoms with Crippen molar-refractivity contribution in [2.75, 3.05) is 6.54 Å². The van der Waals surface area contributed by atoms with E-state index in [1.54, 1.807) is 5.01 Å². The number of hydrazine groups is 1. The van der Waals surface area contributed by atoms with Crippen LogP contribution in [0.25, 0.3) is 0 Å². The molecule has 1 aromatic rings. The van der Waals surface area contributed by atoms with Crippen molar-refractivity contribution in [3.05, 3.63) is 55.3 Å². The first-order chi connectivity index (χ1) is 9.56. The van der Waals surface area contributed by atoms with Crippen molar-refractivity contribution < 1.29 is 0 Å². The number of halogens is 4. The molecule has 2 heterocycles. The Labute approximate surface area is 140 Å². The highest BCUT2D eigenvalue weighted by Gasteiger charge is 2.26. The van der Waals surface area contributed by atoms with Gasteiger partial charge >= 0.3 is 0 Å². The molecule has 0 unspecified atom stereocenters. The Kier molecular flexibility index (Phi) is 4.11. The van der Waals surface area contributed by atoms with Gasteiger partial charge in [-0.1, -0.05) is 56.8 Å². The van der Waals surface area contributed by atoms with Gasteiger partial charge in [-0.05, 0) is 23.8 Å². The summed E-state index contributed by atoms with van der Waals surface area (Å²) >= 11 is 22.1. The normalized spacial score (nSPS) is 18.1. The predicted octanol–water partition coefficient (Wildman–Crippen LogP) is 4.45. The van der Waals surface area contributed by atoms with Crippen LogP contribution in [0.15, 0.2) is 44.7 Å². The summed E-state index contributed by atoms with van der Waals surface area (Å²) in [6.07, 6.45) is 2.34. The number of rotatable bonds is 2. The molecular formula is C13H9BrCl3N3. The lowest BCUT2D eigenvalue weighted by Gasteiger charge is -2.23. The minimum absolute atomic E-state index is 0.534. The van der Waals surface area contributed by atoms with Crippen molar-refractivity contribution in [1.82, 2.24) is 10.4 Å². The smallest absolute Gasteiger partial charge is 0.160 e. The minimum atomic E-state index is 0.534. The molecule has 0 saturated heterocycles. The van der Waals surface area contributed by atoms with Crippen LogP contribution in [-0.4, -0.2) is 17.3 Å². The standard InChI is InChI=1S/C13H9BrCl3N3/c14-9-6-18-20-12(17)5-7(19-13(9)20)4-8-10(15)2-1-3-11(8)16/h1-3,5,18H,4,6H2. The number of nitrogens with zero attached hydrogens (tertiary/aromatic N) is 2. The maximum Gasteiger partial charge on any atom is 0.160 e. The second kappa shape index (κ2) is 5.70. The van der Waals surface area contributed by atoms with E-state index in [-0.39, 0.29) is 0 Å². The molecule has 0 amide bonds. The lowest BCUT2D eigenvalue weighted by atomic mass is 10.1. The summed E-state index contributed by atoms with van der Waals surface area (Å²) in [4.78, 5) is 4.59. The molecule has 0 fully saturated rings. The lowest BCUT2D eigenvalue weighted by Crippen LogP contribution is -2.31. The molecule has 104 valence electrons. The van der Waals surface area contributed by atoms with Crippen LogP contribution < -0.4 is 5.43 Å². The third-order valence-corrected chi connectivity index (χ3v) is 4.64. The second-order valence-electron chi connectivity index (χ2n) is 4.35. The third kappa shape index (κ3) is 2.63. The van der Waals surface area contributed by atoms with Crippen LogP contribution >= 0.6 is 50.7 Å².